The molecular weight excluding hydrogens is 446 g/mol. The van der Waals surface area contributed by atoms with E-state index < -0.39 is 18.3 Å². The number of rotatable bonds is 6. The number of aryl methyl sites for hydroxylation is 1. The molecule has 4 N–H and O–H groups in total. The van der Waals surface area contributed by atoms with Crippen molar-refractivity contribution in [2.24, 2.45) is 23.2 Å². The zero-order chi connectivity index (χ0) is 25.7. The Hall–Kier alpha value is -1.88. The van der Waals surface area contributed by atoms with E-state index in [2.05, 4.69) is 68.8 Å². The van der Waals surface area contributed by atoms with Crippen molar-refractivity contribution in [2.75, 3.05) is 0 Å². The minimum Gasteiger partial charge on any atom is -0.393 e. The summed E-state index contributed by atoms with van der Waals surface area (Å²) in [6, 6.07) is 4.24. The monoisotopic (exact) mass is 491 g/mol. The molecule has 0 aromatic carbocycles. The van der Waals surface area contributed by atoms with Gasteiger partial charge in [-0.15, -0.1) is 0 Å². The number of aliphatic hydroxyl groups is 3. The Labute approximate surface area is 216 Å². The maximum absolute atomic E-state index is 11.1. The molecule has 0 radical (unpaired) electrons. The van der Waals surface area contributed by atoms with Crippen LogP contribution in [0.5, 0.6) is 0 Å². The average molecular weight is 492 g/mol. The molecule has 4 heteroatoms. The summed E-state index contributed by atoms with van der Waals surface area (Å²) in [6.07, 6.45) is 16.3. The molecule has 0 amide bonds. The normalized spacial score (nSPS) is 38.0. The molecule has 0 spiro atoms. The molecule has 4 nitrogen and oxygen atoms in total. The van der Waals surface area contributed by atoms with Crippen LogP contribution >= 0.6 is 0 Å². The third kappa shape index (κ3) is 4.61. The van der Waals surface area contributed by atoms with Crippen LogP contribution in [0.1, 0.15) is 83.0 Å². The van der Waals surface area contributed by atoms with E-state index in [-0.39, 0.29) is 10.8 Å². The quantitative estimate of drug-likeness (QED) is 0.366. The van der Waals surface area contributed by atoms with Crippen LogP contribution in [0.3, 0.4) is 0 Å². The molecule has 4 fully saturated rings. The fraction of sp³-hybridized carbons (Fsp3) is 0.625. The van der Waals surface area contributed by atoms with Gasteiger partial charge in [-0.25, -0.2) is 0 Å². The van der Waals surface area contributed by atoms with Crippen molar-refractivity contribution in [1.29, 1.82) is 0 Å². The van der Waals surface area contributed by atoms with E-state index in [0.29, 0.717) is 30.6 Å². The van der Waals surface area contributed by atoms with Crippen LogP contribution in [0, 0.1) is 30.1 Å². The number of hydrogen-bond donors (Lipinski definition) is 4. The SMILES string of the molecule is C=C1/C(=C\C=C2/CCC[C@]3(C)[C@@H]([C@H](C)/C=C/[C@@H](O)C4(c5ccc(C)[nH]5)CC4)CC[C@@H]23)C[C@@H](O)C[C@@H]1O. The standard InChI is InChI=1S/C32H45NO3/c1-20(7-14-30(36)32(16-17-32)29-13-8-21(2)33-29)26-11-12-27-23(6-5-15-31(26,27)4)9-10-24-18-25(34)19-28(35)22(24)3/h7-10,13-14,20,25-28,30,33-36H,3,5-6,11-12,15-19H2,1-2,4H3/b14-7+,23-9+,24-10-/t20-,25-,26-,27+,28+,30-,31-/m1/s1. The van der Waals surface area contributed by atoms with E-state index in [1.807, 2.05) is 0 Å². The highest BCUT2D eigenvalue weighted by Crippen LogP contribution is 2.59. The maximum Gasteiger partial charge on any atom is 0.0831 e. The predicted octanol–water partition coefficient (Wildman–Crippen LogP) is 6.05. The summed E-state index contributed by atoms with van der Waals surface area (Å²) in [5.41, 5.74) is 5.76. The van der Waals surface area contributed by atoms with Crippen LogP contribution in [0.4, 0.5) is 0 Å². The highest BCUT2D eigenvalue weighted by molar-refractivity contribution is 5.39. The smallest absolute Gasteiger partial charge is 0.0831 e. The van der Waals surface area contributed by atoms with Crippen molar-refractivity contribution in [1.82, 2.24) is 4.98 Å². The summed E-state index contributed by atoms with van der Waals surface area (Å²) in [4.78, 5) is 3.46. The van der Waals surface area contributed by atoms with E-state index in [4.69, 9.17) is 0 Å². The van der Waals surface area contributed by atoms with Crippen molar-refractivity contribution >= 4 is 0 Å². The van der Waals surface area contributed by atoms with E-state index in [0.717, 1.165) is 36.1 Å². The molecule has 0 bridgehead atoms. The van der Waals surface area contributed by atoms with Crippen molar-refractivity contribution < 1.29 is 15.3 Å². The van der Waals surface area contributed by atoms with Gasteiger partial charge >= 0.3 is 0 Å². The van der Waals surface area contributed by atoms with Gasteiger partial charge < -0.3 is 20.3 Å². The number of allylic oxidation sites excluding steroid dienone is 4. The molecule has 0 saturated heterocycles. The first kappa shape index (κ1) is 25.8. The zero-order valence-corrected chi connectivity index (χ0v) is 22.3. The Morgan fingerprint density at radius 1 is 1.11 bits per heavy atom. The second kappa shape index (κ2) is 9.78. The van der Waals surface area contributed by atoms with E-state index in [1.165, 1.54) is 37.0 Å². The van der Waals surface area contributed by atoms with E-state index in [1.54, 1.807) is 0 Å². The van der Waals surface area contributed by atoms with Crippen LogP contribution < -0.4 is 0 Å². The predicted molar refractivity (Wildman–Crippen MR) is 145 cm³/mol. The second-order valence-electron chi connectivity index (χ2n) is 12.6. The molecule has 1 aromatic heterocycles. The van der Waals surface area contributed by atoms with Crippen LogP contribution in [0.15, 0.2) is 59.7 Å². The van der Waals surface area contributed by atoms with Crippen LogP contribution in [-0.4, -0.2) is 38.6 Å². The molecule has 36 heavy (non-hydrogen) atoms. The molecule has 0 aliphatic heterocycles. The second-order valence-corrected chi connectivity index (χ2v) is 12.6. The van der Waals surface area contributed by atoms with Crippen LogP contribution in [0.2, 0.25) is 0 Å². The number of fused-ring (bicyclic) bond motifs is 1. The van der Waals surface area contributed by atoms with Crippen molar-refractivity contribution in [3.8, 4) is 0 Å². The molecule has 1 heterocycles. The van der Waals surface area contributed by atoms with Crippen LogP contribution in [0.25, 0.3) is 0 Å². The molecule has 4 aliphatic rings. The molecule has 7 atom stereocenters. The summed E-state index contributed by atoms with van der Waals surface area (Å²) in [5, 5.41) is 31.4. The van der Waals surface area contributed by atoms with Gasteiger partial charge in [-0.2, -0.15) is 0 Å². The largest absolute Gasteiger partial charge is 0.393 e. The van der Waals surface area contributed by atoms with Gasteiger partial charge in [-0.3, -0.25) is 0 Å². The Kier molecular flexibility index (Phi) is 6.99. The number of nitrogens with one attached hydrogen (secondary N) is 1. The first-order valence-electron chi connectivity index (χ1n) is 14.1. The molecule has 196 valence electrons. The number of hydrogen-bond acceptors (Lipinski definition) is 3. The lowest BCUT2D eigenvalue weighted by molar-refractivity contribution is 0.0862. The molecule has 4 aliphatic carbocycles. The summed E-state index contributed by atoms with van der Waals surface area (Å²) in [6.45, 7) is 11.0. The van der Waals surface area contributed by atoms with E-state index >= 15 is 0 Å². The van der Waals surface area contributed by atoms with Crippen LogP contribution in [-0.2, 0) is 5.41 Å². The van der Waals surface area contributed by atoms with E-state index in [9.17, 15) is 15.3 Å². The van der Waals surface area contributed by atoms with Gasteiger partial charge in [-0.1, -0.05) is 50.3 Å². The molecule has 4 saturated carbocycles. The third-order valence-corrected chi connectivity index (χ3v) is 10.3. The van der Waals surface area contributed by atoms with Crippen molar-refractivity contribution in [2.45, 2.75) is 102 Å². The minimum atomic E-state index is -0.635. The first-order valence-corrected chi connectivity index (χ1v) is 14.1. The maximum atomic E-state index is 11.1. The lowest BCUT2D eigenvalue weighted by Gasteiger charge is -2.44. The van der Waals surface area contributed by atoms with Gasteiger partial charge in [0, 0.05) is 23.2 Å². The number of aliphatic hydroxyl groups excluding tert-OH is 3. The van der Waals surface area contributed by atoms with Crippen molar-refractivity contribution in [3.05, 3.63) is 71.1 Å². The summed E-state index contributed by atoms with van der Waals surface area (Å²) < 4.78 is 0. The highest BCUT2D eigenvalue weighted by Gasteiger charge is 2.52. The van der Waals surface area contributed by atoms with Gasteiger partial charge in [0.1, 0.15) is 0 Å². The summed E-state index contributed by atoms with van der Waals surface area (Å²) >= 11 is 0. The lowest BCUT2D eigenvalue weighted by Crippen LogP contribution is -2.35. The Bertz CT molecular complexity index is 1070. The van der Waals surface area contributed by atoms with Gasteiger partial charge in [-0.05, 0) is 105 Å². The van der Waals surface area contributed by atoms with Gasteiger partial charge in [0.2, 0.25) is 0 Å². The number of aromatic amines is 1. The van der Waals surface area contributed by atoms with Crippen molar-refractivity contribution in [3.63, 3.8) is 0 Å². The fourth-order valence-corrected chi connectivity index (χ4v) is 7.86. The Morgan fingerprint density at radius 2 is 1.89 bits per heavy atom. The first-order chi connectivity index (χ1) is 17.1. The topological polar surface area (TPSA) is 76.5 Å². The number of H-pyrrole nitrogens is 1. The molecule has 1 aromatic rings. The number of aromatic nitrogens is 1. The Balaban J connectivity index is 1.29. The zero-order valence-electron chi connectivity index (χ0n) is 22.3. The third-order valence-electron chi connectivity index (χ3n) is 10.3. The highest BCUT2D eigenvalue weighted by atomic mass is 16.3. The van der Waals surface area contributed by atoms with Gasteiger partial charge in [0.15, 0.2) is 0 Å². The fourth-order valence-electron chi connectivity index (χ4n) is 7.86. The van der Waals surface area contributed by atoms with Gasteiger partial charge in [0.25, 0.3) is 0 Å². The summed E-state index contributed by atoms with van der Waals surface area (Å²) in [7, 11) is 0. The Morgan fingerprint density at radius 3 is 2.58 bits per heavy atom. The molecular formula is C32H45NO3. The van der Waals surface area contributed by atoms with Gasteiger partial charge in [0.05, 0.1) is 18.3 Å². The average Bonchev–Trinajstić information content (AvgIpc) is 3.41. The summed E-state index contributed by atoms with van der Waals surface area (Å²) in [5.74, 6) is 1.62. The molecule has 0 unspecified atom stereocenters. The lowest BCUT2D eigenvalue weighted by atomic mass is 9.61. The molecule has 5 rings (SSSR count). The minimum absolute atomic E-state index is 0.120.